The number of aliphatic hydroxyl groups excluding tert-OH is 1. The van der Waals surface area contributed by atoms with Gasteiger partial charge in [0.2, 0.25) is 0 Å². The smallest absolute Gasteiger partial charge is 0.142 e. The van der Waals surface area contributed by atoms with Crippen molar-refractivity contribution in [2.24, 2.45) is 0 Å². The van der Waals surface area contributed by atoms with E-state index >= 15 is 0 Å². The molecule has 0 amide bonds. The Morgan fingerprint density at radius 3 is 2.24 bits per heavy atom. The van der Waals surface area contributed by atoms with E-state index in [9.17, 15) is 13.9 Å². The zero-order chi connectivity index (χ0) is 15.6. The van der Waals surface area contributed by atoms with Crippen LogP contribution in [0.4, 0.5) is 8.78 Å². The molecule has 2 nitrogen and oxygen atoms in total. The Balaban J connectivity index is 2.27. The maximum Gasteiger partial charge on any atom is 0.142 e. The molecule has 0 aromatic heterocycles. The maximum absolute atomic E-state index is 13.8. The molecular weight excluding hydrogens is 298 g/mol. The molecule has 0 radical (unpaired) electrons. The van der Waals surface area contributed by atoms with Gasteiger partial charge < -0.3 is 9.84 Å². The summed E-state index contributed by atoms with van der Waals surface area (Å²) in [6.07, 6.45) is -1.24. The average molecular weight is 313 g/mol. The summed E-state index contributed by atoms with van der Waals surface area (Å²) in [6, 6.07) is 8.31. The molecule has 0 saturated heterocycles. The summed E-state index contributed by atoms with van der Waals surface area (Å²) < 4.78 is 32.7. The van der Waals surface area contributed by atoms with Crippen LogP contribution in [0.25, 0.3) is 0 Å². The van der Waals surface area contributed by atoms with Gasteiger partial charge >= 0.3 is 0 Å². The Kier molecular flexibility index (Phi) is 4.80. The Morgan fingerprint density at radius 2 is 1.67 bits per heavy atom. The van der Waals surface area contributed by atoms with Crippen LogP contribution < -0.4 is 4.74 Å². The minimum Gasteiger partial charge on any atom is -0.491 e. The molecule has 1 atom stereocenters. The van der Waals surface area contributed by atoms with Crippen molar-refractivity contribution in [2.75, 3.05) is 0 Å². The summed E-state index contributed by atoms with van der Waals surface area (Å²) in [5, 5.41) is 9.85. The number of hydrogen-bond acceptors (Lipinski definition) is 2. The molecule has 0 heterocycles. The van der Waals surface area contributed by atoms with Crippen LogP contribution in [-0.2, 0) is 0 Å². The first-order valence-electron chi connectivity index (χ1n) is 6.47. The van der Waals surface area contributed by atoms with Gasteiger partial charge in [-0.1, -0.05) is 23.7 Å². The third-order valence-corrected chi connectivity index (χ3v) is 3.19. The summed E-state index contributed by atoms with van der Waals surface area (Å²) in [6.45, 7) is 3.79. The molecule has 21 heavy (non-hydrogen) atoms. The molecule has 5 heteroatoms. The monoisotopic (exact) mass is 312 g/mol. The highest BCUT2D eigenvalue weighted by atomic mass is 35.5. The summed E-state index contributed by atoms with van der Waals surface area (Å²) in [4.78, 5) is 0. The van der Waals surface area contributed by atoms with Gasteiger partial charge in [-0.25, -0.2) is 8.78 Å². The molecule has 0 spiro atoms. The number of hydrogen-bond donors (Lipinski definition) is 1. The Hall–Kier alpha value is -1.65. The standard InChI is InChI=1S/C16H15ClF2O2/c1-9(2)21-11-5-3-10(4-6-11)16(20)12-7-15(19)13(17)8-14(12)18/h3-9,16,20H,1-2H3. The third-order valence-electron chi connectivity index (χ3n) is 2.90. The van der Waals surface area contributed by atoms with E-state index in [4.69, 9.17) is 16.3 Å². The predicted octanol–water partition coefficient (Wildman–Crippen LogP) is 4.49. The highest BCUT2D eigenvalue weighted by Crippen LogP contribution is 2.29. The van der Waals surface area contributed by atoms with Crippen LogP contribution in [0.1, 0.15) is 31.1 Å². The second kappa shape index (κ2) is 6.41. The molecule has 0 fully saturated rings. The second-order valence-electron chi connectivity index (χ2n) is 4.93. The van der Waals surface area contributed by atoms with Gasteiger partial charge in [0, 0.05) is 5.56 Å². The van der Waals surface area contributed by atoms with Gasteiger partial charge in [-0.2, -0.15) is 0 Å². The van der Waals surface area contributed by atoms with E-state index in [0.29, 0.717) is 11.3 Å². The summed E-state index contributed by atoms with van der Waals surface area (Å²) in [5.74, 6) is -0.882. The number of benzene rings is 2. The van der Waals surface area contributed by atoms with Crippen LogP contribution in [0.3, 0.4) is 0 Å². The fourth-order valence-electron chi connectivity index (χ4n) is 1.93. The molecule has 0 aliphatic heterocycles. The highest BCUT2D eigenvalue weighted by Gasteiger charge is 2.18. The van der Waals surface area contributed by atoms with Gasteiger partial charge in [0.1, 0.15) is 23.5 Å². The van der Waals surface area contributed by atoms with Gasteiger partial charge in [-0.3, -0.25) is 0 Å². The number of rotatable bonds is 4. The van der Waals surface area contributed by atoms with Crippen molar-refractivity contribution in [3.05, 3.63) is 64.2 Å². The Morgan fingerprint density at radius 1 is 1.05 bits per heavy atom. The first kappa shape index (κ1) is 15.7. The first-order valence-corrected chi connectivity index (χ1v) is 6.85. The van der Waals surface area contributed by atoms with Crippen LogP contribution in [0.15, 0.2) is 36.4 Å². The van der Waals surface area contributed by atoms with Gasteiger partial charge in [0.25, 0.3) is 0 Å². The van der Waals surface area contributed by atoms with E-state index in [1.807, 2.05) is 13.8 Å². The van der Waals surface area contributed by atoms with Crippen LogP contribution in [0, 0.1) is 11.6 Å². The van der Waals surface area contributed by atoms with Gasteiger partial charge in [-0.05, 0) is 43.7 Å². The van der Waals surface area contributed by atoms with Crippen LogP contribution >= 0.6 is 11.6 Å². The number of halogens is 3. The van der Waals surface area contributed by atoms with E-state index < -0.39 is 17.7 Å². The van der Waals surface area contributed by atoms with Crippen molar-refractivity contribution in [1.29, 1.82) is 0 Å². The van der Waals surface area contributed by atoms with Crippen molar-refractivity contribution in [1.82, 2.24) is 0 Å². The fourth-order valence-corrected chi connectivity index (χ4v) is 2.08. The topological polar surface area (TPSA) is 29.5 Å². The molecule has 0 aliphatic rings. The molecule has 2 aromatic carbocycles. The molecule has 0 bridgehead atoms. The third kappa shape index (κ3) is 3.71. The largest absolute Gasteiger partial charge is 0.491 e. The summed E-state index contributed by atoms with van der Waals surface area (Å²) in [7, 11) is 0. The van der Waals surface area contributed by atoms with Crippen molar-refractivity contribution in [3.8, 4) is 5.75 Å². The van der Waals surface area contributed by atoms with Crippen LogP contribution in [0.2, 0.25) is 5.02 Å². The van der Waals surface area contributed by atoms with Gasteiger partial charge in [-0.15, -0.1) is 0 Å². The quantitative estimate of drug-likeness (QED) is 0.843. The summed E-state index contributed by atoms with van der Waals surface area (Å²) >= 11 is 5.49. The predicted molar refractivity (Wildman–Crippen MR) is 77.6 cm³/mol. The molecule has 0 aliphatic carbocycles. The minimum atomic E-state index is -1.27. The highest BCUT2D eigenvalue weighted by molar-refractivity contribution is 6.30. The molecule has 2 aromatic rings. The molecular formula is C16H15ClF2O2. The first-order chi connectivity index (χ1) is 9.88. The molecule has 2 rings (SSSR count). The lowest BCUT2D eigenvalue weighted by atomic mass is 10.0. The van der Waals surface area contributed by atoms with E-state index in [2.05, 4.69) is 0 Å². The zero-order valence-electron chi connectivity index (χ0n) is 11.6. The van der Waals surface area contributed by atoms with Crippen LogP contribution in [-0.4, -0.2) is 11.2 Å². The van der Waals surface area contributed by atoms with Crippen molar-refractivity contribution >= 4 is 11.6 Å². The van der Waals surface area contributed by atoms with Crippen molar-refractivity contribution < 1.29 is 18.6 Å². The van der Waals surface area contributed by atoms with E-state index in [1.165, 1.54) is 0 Å². The van der Waals surface area contributed by atoms with Crippen LogP contribution in [0.5, 0.6) is 5.75 Å². The summed E-state index contributed by atoms with van der Waals surface area (Å²) in [5.41, 5.74) is 0.279. The van der Waals surface area contributed by atoms with Gasteiger partial charge in [0.15, 0.2) is 0 Å². The number of ether oxygens (including phenoxy) is 1. The lowest BCUT2D eigenvalue weighted by Crippen LogP contribution is -2.06. The fraction of sp³-hybridized carbons (Fsp3) is 0.250. The Labute approximate surface area is 126 Å². The van der Waals surface area contributed by atoms with Crippen molar-refractivity contribution in [2.45, 2.75) is 26.1 Å². The average Bonchev–Trinajstić information content (AvgIpc) is 2.42. The van der Waals surface area contributed by atoms with E-state index in [-0.39, 0.29) is 16.7 Å². The minimum absolute atomic E-state index is 0.0311. The number of aliphatic hydroxyl groups is 1. The molecule has 0 saturated carbocycles. The SMILES string of the molecule is CC(C)Oc1ccc(C(O)c2cc(F)c(Cl)cc2F)cc1. The lowest BCUT2D eigenvalue weighted by molar-refractivity contribution is 0.213. The molecule has 1 N–H and O–H groups in total. The molecule has 1 unspecified atom stereocenters. The second-order valence-corrected chi connectivity index (χ2v) is 5.33. The zero-order valence-corrected chi connectivity index (χ0v) is 12.4. The normalized spacial score (nSPS) is 12.5. The lowest BCUT2D eigenvalue weighted by Gasteiger charge is -2.15. The molecule has 112 valence electrons. The Bertz CT molecular complexity index is 627. The maximum atomic E-state index is 13.8. The van der Waals surface area contributed by atoms with E-state index in [0.717, 1.165) is 12.1 Å². The van der Waals surface area contributed by atoms with E-state index in [1.54, 1.807) is 24.3 Å². The van der Waals surface area contributed by atoms with Gasteiger partial charge in [0.05, 0.1) is 11.1 Å². The van der Waals surface area contributed by atoms with Crippen molar-refractivity contribution in [3.63, 3.8) is 0 Å².